The Bertz CT molecular complexity index is 276. The van der Waals surface area contributed by atoms with Gasteiger partial charge >= 0.3 is 0 Å². The molecule has 1 amide bonds. The second-order valence-electron chi connectivity index (χ2n) is 2.63. The van der Waals surface area contributed by atoms with E-state index < -0.39 is 0 Å². The molecular formula is C9H13NO. The van der Waals surface area contributed by atoms with Crippen molar-refractivity contribution in [1.29, 1.82) is 0 Å². The topological polar surface area (TPSA) is 43.1 Å². The molecule has 0 saturated heterocycles. The Morgan fingerprint density at radius 2 is 1.82 bits per heavy atom. The third-order valence-corrected chi connectivity index (χ3v) is 1.73. The van der Waals surface area contributed by atoms with E-state index in [1.807, 2.05) is 32.0 Å². The molecule has 11 heavy (non-hydrogen) atoms. The van der Waals surface area contributed by atoms with Crippen LogP contribution in [-0.4, -0.2) is 5.91 Å². The maximum atomic E-state index is 10.9. The Labute approximate surface area is 67.5 Å². The average molecular weight is 151 g/mol. The molecule has 0 aliphatic rings. The first-order valence-electron chi connectivity index (χ1n) is 3.49. The Kier molecular flexibility index (Phi) is 1.94. The molecule has 0 unspecified atom stereocenters. The number of amides is 1. The van der Waals surface area contributed by atoms with Gasteiger partial charge in [-0.1, -0.05) is 18.2 Å². The predicted molar refractivity (Wildman–Crippen MR) is 46.5 cm³/mol. The van der Waals surface area contributed by atoms with Crippen molar-refractivity contribution in [2.45, 2.75) is 13.8 Å². The molecule has 2 N–H and O–H groups in total. The first-order valence-corrected chi connectivity index (χ1v) is 3.49. The second-order valence-corrected chi connectivity index (χ2v) is 2.63. The van der Waals surface area contributed by atoms with E-state index in [9.17, 15) is 4.79 Å². The van der Waals surface area contributed by atoms with Crippen LogP contribution in [0.25, 0.3) is 0 Å². The van der Waals surface area contributed by atoms with Gasteiger partial charge in [-0.2, -0.15) is 0 Å². The number of carbonyl (C=O) groups is 1. The zero-order chi connectivity index (χ0) is 8.43. The third kappa shape index (κ3) is 1.40. The molecule has 1 aromatic rings. The summed E-state index contributed by atoms with van der Waals surface area (Å²) in [6, 6.07) is 5.68. The van der Waals surface area contributed by atoms with Crippen molar-refractivity contribution >= 4 is 5.91 Å². The highest BCUT2D eigenvalue weighted by atomic mass is 16.1. The van der Waals surface area contributed by atoms with Gasteiger partial charge in [-0.25, -0.2) is 0 Å². The summed E-state index contributed by atoms with van der Waals surface area (Å²) in [5.41, 5.74) is 7.71. The molecule has 0 radical (unpaired) electrons. The molecule has 0 aliphatic carbocycles. The number of hydrogen-bond acceptors (Lipinski definition) is 1. The summed E-state index contributed by atoms with van der Waals surface area (Å²) in [6.45, 7) is 3.76. The standard InChI is InChI=1S/C9H11NO.H2/c1-6-4-3-5-7(2)8(6)9(10)11;/h3-5H,1-2H3,(H2,10,11);1H. The lowest BCUT2D eigenvalue weighted by Crippen LogP contribution is -2.14. The van der Waals surface area contributed by atoms with Gasteiger partial charge in [0.2, 0.25) is 5.91 Å². The molecule has 0 atom stereocenters. The molecule has 2 heteroatoms. The first-order chi connectivity index (χ1) is 5.13. The molecule has 0 aromatic heterocycles. The Morgan fingerprint density at radius 3 is 2.09 bits per heavy atom. The van der Waals surface area contributed by atoms with Crippen LogP contribution in [-0.2, 0) is 0 Å². The maximum Gasteiger partial charge on any atom is 0.249 e. The lowest BCUT2D eigenvalue weighted by atomic mass is 10.0. The smallest absolute Gasteiger partial charge is 0.249 e. The van der Waals surface area contributed by atoms with Crippen LogP contribution in [0.15, 0.2) is 18.2 Å². The van der Waals surface area contributed by atoms with Gasteiger partial charge in [0.15, 0.2) is 0 Å². The summed E-state index contributed by atoms with van der Waals surface area (Å²) in [5, 5.41) is 0. The number of primary amides is 1. The van der Waals surface area contributed by atoms with Gasteiger partial charge in [-0.3, -0.25) is 4.79 Å². The fraction of sp³-hybridized carbons (Fsp3) is 0.222. The molecule has 2 nitrogen and oxygen atoms in total. The quantitative estimate of drug-likeness (QED) is 0.651. The molecule has 0 heterocycles. The van der Waals surface area contributed by atoms with Gasteiger partial charge in [0.1, 0.15) is 0 Å². The number of aryl methyl sites for hydroxylation is 2. The number of nitrogens with two attached hydrogens (primary N) is 1. The number of benzene rings is 1. The van der Waals surface area contributed by atoms with Gasteiger partial charge < -0.3 is 5.73 Å². The summed E-state index contributed by atoms with van der Waals surface area (Å²) in [7, 11) is 0. The summed E-state index contributed by atoms with van der Waals surface area (Å²) >= 11 is 0. The molecule has 0 bridgehead atoms. The van der Waals surface area contributed by atoms with Crippen LogP contribution in [0.4, 0.5) is 0 Å². The molecular weight excluding hydrogens is 138 g/mol. The van der Waals surface area contributed by atoms with Gasteiger partial charge in [-0.15, -0.1) is 0 Å². The molecule has 60 valence electrons. The SMILES string of the molecule is Cc1cccc(C)c1C(N)=O.[HH]. The monoisotopic (exact) mass is 151 g/mol. The molecule has 1 rings (SSSR count). The summed E-state index contributed by atoms with van der Waals surface area (Å²) in [6.07, 6.45) is 0. The molecule has 0 fully saturated rings. The molecule has 0 aliphatic heterocycles. The van der Waals surface area contributed by atoms with Crippen molar-refractivity contribution in [3.05, 3.63) is 34.9 Å². The minimum atomic E-state index is -0.347. The van der Waals surface area contributed by atoms with E-state index in [-0.39, 0.29) is 7.33 Å². The highest BCUT2D eigenvalue weighted by Crippen LogP contribution is 2.11. The van der Waals surface area contributed by atoms with E-state index in [4.69, 9.17) is 5.73 Å². The van der Waals surface area contributed by atoms with Crippen molar-refractivity contribution in [2.24, 2.45) is 5.73 Å². The van der Waals surface area contributed by atoms with Crippen LogP contribution in [0.1, 0.15) is 22.9 Å². The van der Waals surface area contributed by atoms with Crippen molar-refractivity contribution in [2.75, 3.05) is 0 Å². The Morgan fingerprint density at radius 1 is 1.36 bits per heavy atom. The van der Waals surface area contributed by atoms with Gasteiger partial charge in [0.25, 0.3) is 0 Å². The number of hydrogen-bond donors (Lipinski definition) is 1. The van der Waals surface area contributed by atoms with Crippen LogP contribution in [0.5, 0.6) is 0 Å². The summed E-state index contributed by atoms with van der Waals surface area (Å²) in [4.78, 5) is 10.9. The summed E-state index contributed by atoms with van der Waals surface area (Å²) < 4.78 is 0. The molecule has 0 saturated carbocycles. The highest BCUT2D eigenvalue weighted by molar-refractivity contribution is 5.95. The van der Waals surface area contributed by atoms with E-state index in [2.05, 4.69) is 0 Å². The summed E-state index contributed by atoms with van der Waals surface area (Å²) in [5.74, 6) is -0.347. The van der Waals surface area contributed by atoms with Crippen molar-refractivity contribution in [1.82, 2.24) is 0 Å². The van der Waals surface area contributed by atoms with Gasteiger partial charge in [0, 0.05) is 6.99 Å². The third-order valence-electron chi connectivity index (χ3n) is 1.73. The lowest BCUT2D eigenvalue weighted by molar-refractivity contribution is 0.0999. The van der Waals surface area contributed by atoms with E-state index in [0.717, 1.165) is 11.1 Å². The number of carbonyl (C=O) groups excluding carboxylic acids is 1. The Hall–Kier alpha value is -1.31. The van der Waals surface area contributed by atoms with E-state index in [1.54, 1.807) is 0 Å². The van der Waals surface area contributed by atoms with Crippen LogP contribution in [0.3, 0.4) is 0 Å². The largest absolute Gasteiger partial charge is 0.366 e. The minimum absolute atomic E-state index is 0. The molecule has 0 spiro atoms. The lowest BCUT2D eigenvalue weighted by Gasteiger charge is -2.03. The van der Waals surface area contributed by atoms with E-state index in [1.165, 1.54) is 0 Å². The van der Waals surface area contributed by atoms with Crippen molar-refractivity contribution < 1.29 is 6.22 Å². The van der Waals surface area contributed by atoms with E-state index in [0.29, 0.717) is 5.56 Å². The number of rotatable bonds is 1. The Balaban J connectivity index is 0.00000121. The van der Waals surface area contributed by atoms with Crippen LogP contribution in [0.2, 0.25) is 0 Å². The maximum absolute atomic E-state index is 10.9. The average Bonchev–Trinajstić information content (AvgIpc) is 1.85. The van der Waals surface area contributed by atoms with Crippen LogP contribution < -0.4 is 5.73 Å². The zero-order valence-electron chi connectivity index (χ0n) is 6.72. The van der Waals surface area contributed by atoms with Crippen LogP contribution in [0, 0.1) is 13.8 Å². The van der Waals surface area contributed by atoms with Crippen LogP contribution >= 0.6 is 0 Å². The van der Waals surface area contributed by atoms with Crippen molar-refractivity contribution in [3.63, 3.8) is 0 Å². The molecule has 1 aromatic carbocycles. The fourth-order valence-corrected chi connectivity index (χ4v) is 1.20. The highest BCUT2D eigenvalue weighted by Gasteiger charge is 2.06. The first kappa shape index (κ1) is 7.79. The van der Waals surface area contributed by atoms with E-state index >= 15 is 0 Å². The van der Waals surface area contributed by atoms with Gasteiger partial charge in [-0.05, 0) is 25.0 Å². The minimum Gasteiger partial charge on any atom is -0.366 e. The fourth-order valence-electron chi connectivity index (χ4n) is 1.20. The van der Waals surface area contributed by atoms with Gasteiger partial charge in [0.05, 0.1) is 0 Å². The zero-order valence-corrected chi connectivity index (χ0v) is 6.72. The second kappa shape index (κ2) is 2.74. The van der Waals surface area contributed by atoms with Crippen molar-refractivity contribution in [3.8, 4) is 0 Å². The normalized spacial score (nSPS) is 9.64. The predicted octanol–water partition coefficient (Wildman–Crippen LogP) is 1.65.